The van der Waals surface area contributed by atoms with E-state index in [1.54, 1.807) is 6.20 Å². The average molecular weight is 377 g/mol. The molecule has 1 fully saturated rings. The molecule has 1 aliphatic carbocycles. The lowest BCUT2D eigenvalue weighted by Crippen LogP contribution is -2.16. The Morgan fingerprint density at radius 3 is 2.67 bits per heavy atom. The second-order valence-electron chi connectivity index (χ2n) is 7.16. The molecule has 2 aromatic carbocycles. The minimum absolute atomic E-state index is 0.0513. The van der Waals surface area contributed by atoms with E-state index in [1.807, 2.05) is 55.1 Å². The molecule has 0 spiro atoms. The van der Waals surface area contributed by atoms with Gasteiger partial charge in [0.25, 0.3) is 5.91 Å². The number of carbonyl (C=O) groups is 1. The number of hydrogen-bond acceptors (Lipinski definition) is 3. The van der Waals surface area contributed by atoms with Crippen molar-refractivity contribution in [3.05, 3.63) is 65.9 Å². The van der Waals surface area contributed by atoms with Crippen molar-refractivity contribution in [3.8, 4) is 0 Å². The maximum Gasteiger partial charge on any atom is 0.257 e. The van der Waals surface area contributed by atoms with Gasteiger partial charge < -0.3 is 5.32 Å². The second-order valence-corrected chi connectivity index (χ2v) is 8.50. The standard InChI is InChI=1S/C23H24N2OS/c1-16-8-5-14-20(27-18-11-3-2-4-12-18)21(16)23(26)25-19-13-6-9-17-10-7-15-24-22(17)19/h5-10,13-15,18H,2-4,11-12H2,1H3,(H,25,26). The highest BCUT2D eigenvalue weighted by Gasteiger charge is 2.20. The van der Waals surface area contributed by atoms with Crippen LogP contribution in [0, 0.1) is 6.92 Å². The molecule has 27 heavy (non-hydrogen) atoms. The Bertz CT molecular complexity index is 958. The van der Waals surface area contributed by atoms with Gasteiger partial charge in [-0.2, -0.15) is 0 Å². The first-order chi connectivity index (χ1) is 13.2. The van der Waals surface area contributed by atoms with Gasteiger partial charge >= 0.3 is 0 Å². The summed E-state index contributed by atoms with van der Waals surface area (Å²) < 4.78 is 0. The van der Waals surface area contributed by atoms with Gasteiger partial charge in [0.2, 0.25) is 0 Å². The second kappa shape index (κ2) is 8.13. The molecular weight excluding hydrogens is 352 g/mol. The zero-order valence-electron chi connectivity index (χ0n) is 15.6. The van der Waals surface area contributed by atoms with Gasteiger partial charge in [0.15, 0.2) is 0 Å². The number of nitrogens with one attached hydrogen (secondary N) is 1. The van der Waals surface area contributed by atoms with Gasteiger partial charge in [0.05, 0.1) is 16.8 Å². The summed E-state index contributed by atoms with van der Waals surface area (Å²) in [7, 11) is 0. The van der Waals surface area contributed by atoms with Gasteiger partial charge in [-0.15, -0.1) is 11.8 Å². The molecule has 0 unspecified atom stereocenters. The van der Waals surface area contributed by atoms with E-state index in [2.05, 4.69) is 22.4 Å². The maximum absolute atomic E-state index is 13.2. The van der Waals surface area contributed by atoms with E-state index in [0.717, 1.165) is 32.6 Å². The summed E-state index contributed by atoms with van der Waals surface area (Å²) in [5.41, 5.74) is 3.39. The zero-order valence-corrected chi connectivity index (χ0v) is 16.4. The Morgan fingerprint density at radius 2 is 1.81 bits per heavy atom. The van der Waals surface area contributed by atoms with E-state index >= 15 is 0 Å². The van der Waals surface area contributed by atoms with Crippen molar-refractivity contribution < 1.29 is 4.79 Å². The largest absolute Gasteiger partial charge is 0.320 e. The zero-order chi connectivity index (χ0) is 18.6. The van der Waals surface area contributed by atoms with E-state index < -0.39 is 0 Å². The van der Waals surface area contributed by atoms with Crippen LogP contribution >= 0.6 is 11.8 Å². The van der Waals surface area contributed by atoms with Crippen LogP contribution in [0.3, 0.4) is 0 Å². The maximum atomic E-state index is 13.2. The number of anilines is 1. The quantitative estimate of drug-likeness (QED) is 0.588. The summed E-state index contributed by atoms with van der Waals surface area (Å²) in [5, 5.41) is 4.75. The highest BCUT2D eigenvalue weighted by atomic mass is 32.2. The number of benzene rings is 2. The number of aromatic nitrogens is 1. The molecule has 1 aromatic heterocycles. The van der Waals surface area contributed by atoms with Crippen LogP contribution in [0.15, 0.2) is 59.6 Å². The number of carbonyl (C=O) groups excluding carboxylic acids is 1. The Kier molecular flexibility index (Phi) is 5.44. The third-order valence-corrected chi connectivity index (χ3v) is 6.59. The molecule has 1 amide bonds. The first kappa shape index (κ1) is 18.1. The summed E-state index contributed by atoms with van der Waals surface area (Å²) in [4.78, 5) is 18.7. The van der Waals surface area contributed by atoms with Crippen molar-refractivity contribution in [1.82, 2.24) is 4.98 Å². The van der Waals surface area contributed by atoms with E-state index in [9.17, 15) is 4.79 Å². The number of thioether (sulfide) groups is 1. The number of rotatable bonds is 4. The molecule has 138 valence electrons. The third-order valence-electron chi connectivity index (χ3n) is 5.19. The molecule has 4 heteroatoms. The molecule has 4 rings (SSSR count). The first-order valence-corrected chi connectivity index (χ1v) is 10.5. The molecule has 0 aliphatic heterocycles. The molecule has 0 bridgehead atoms. The van der Waals surface area contributed by atoms with Gasteiger partial charge in [-0.05, 0) is 43.5 Å². The Morgan fingerprint density at radius 1 is 1.04 bits per heavy atom. The molecule has 3 aromatic rings. The third kappa shape index (κ3) is 4.01. The molecule has 3 nitrogen and oxygen atoms in total. The summed E-state index contributed by atoms with van der Waals surface area (Å²) in [6.07, 6.45) is 8.18. The lowest BCUT2D eigenvalue weighted by atomic mass is 10.0. The van der Waals surface area contributed by atoms with Crippen LogP contribution in [-0.4, -0.2) is 16.1 Å². The van der Waals surface area contributed by atoms with Crippen LogP contribution < -0.4 is 5.32 Å². The average Bonchev–Trinajstić information content (AvgIpc) is 2.69. The SMILES string of the molecule is Cc1cccc(SC2CCCCC2)c1C(=O)Nc1cccc2cccnc12. The van der Waals surface area contributed by atoms with Crippen molar-refractivity contribution in [3.63, 3.8) is 0 Å². The van der Waals surface area contributed by atoms with Crippen LogP contribution in [0.5, 0.6) is 0 Å². The Hall–Kier alpha value is -2.33. The number of hydrogen-bond donors (Lipinski definition) is 1. The highest BCUT2D eigenvalue weighted by Crippen LogP contribution is 2.36. The Labute approximate surface area is 164 Å². The fraction of sp³-hybridized carbons (Fsp3) is 0.304. The highest BCUT2D eigenvalue weighted by molar-refractivity contribution is 8.00. The van der Waals surface area contributed by atoms with Crippen LogP contribution in [0.25, 0.3) is 10.9 Å². The van der Waals surface area contributed by atoms with Gasteiger partial charge in [0.1, 0.15) is 0 Å². The summed E-state index contributed by atoms with van der Waals surface area (Å²) >= 11 is 1.87. The van der Waals surface area contributed by atoms with E-state index in [1.165, 1.54) is 32.1 Å². The van der Waals surface area contributed by atoms with E-state index in [0.29, 0.717) is 5.25 Å². The molecule has 0 radical (unpaired) electrons. The molecular formula is C23H24N2OS. The van der Waals surface area contributed by atoms with Crippen LogP contribution in [0.2, 0.25) is 0 Å². The van der Waals surface area contributed by atoms with Gasteiger partial charge in [-0.1, -0.05) is 49.6 Å². The fourth-order valence-electron chi connectivity index (χ4n) is 3.78. The van der Waals surface area contributed by atoms with Crippen molar-refractivity contribution in [2.45, 2.75) is 49.2 Å². The summed E-state index contributed by atoms with van der Waals surface area (Å²) in [6.45, 7) is 2.02. The number of pyridine rings is 1. The van der Waals surface area contributed by atoms with E-state index in [-0.39, 0.29) is 5.91 Å². The van der Waals surface area contributed by atoms with Crippen molar-refractivity contribution in [2.24, 2.45) is 0 Å². The minimum atomic E-state index is -0.0513. The van der Waals surface area contributed by atoms with Crippen LogP contribution in [0.4, 0.5) is 5.69 Å². The van der Waals surface area contributed by atoms with Gasteiger partial charge in [-0.3, -0.25) is 9.78 Å². The number of nitrogens with zero attached hydrogens (tertiary/aromatic N) is 1. The molecule has 1 saturated carbocycles. The number of para-hydroxylation sites is 1. The number of amides is 1. The van der Waals surface area contributed by atoms with Gasteiger partial charge in [-0.25, -0.2) is 0 Å². The Balaban J connectivity index is 1.63. The van der Waals surface area contributed by atoms with E-state index in [4.69, 9.17) is 0 Å². The molecule has 0 saturated heterocycles. The van der Waals surface area contributed by atoms with Crippen LogP contribution in [-0.2, 0) is 0 Å². The van der Waals surface area contributed by atoms with Crippen LogP contribution in [0.1, 0.15) is 48.0 Å². The first-order valence-electron chi connectivity index (χ1n) is 9.64. The molecule has 0 atom stereocenters. The lowest BCUT2D eigenvalue weighted by Gasteiger charge is -2.22. The number of aryl methyl sites for hydroxylation is 1. The minimum Gasteiger partial charge on any atom is -0.320 e. The predicted octanol–water partition coefficient (Wildman–Crippen LogP) is 6.22. The summed E-state index contributed by atoms with van der Waals surface area (Å²) in [5.74, 6) is -0.0513. The monoisotopic (exact) mass is 376 g/mol. The molecule has 1 heterocycles. The number of fused-ring (bicyclic) bond motifs is 1. The van der Waals surface area contributed by atoms with Crippen molar-refractivity contribution in [2.75, 3.05) is 5.32 Å². The lowest BCUT2D eigenvalue weighted by molar-refractivity contribution is 0.102. The van der Waals surface area contributed by atoms with Crippen molar-refractivity contribution >= 4 is 34.3 Å². The molecule has 1 N–H and O–H groups in total. The van der Waals surface area contributed by atoms with Gasteiger partial charge in [0, 0.05) is 21.7 Å². The normalized spacial score (nSPS) is 15.0. The predicted molar refractivity (Wildman–Crippen MR) is 114 cm³/mol. The fourth-order valence-corrected chi connectivity index (χ4v) is 5.24. The van der Waals surface area contributed by atoms with Crippen molar-refractivity contribution in [1.29, 1.82) is 0 Å². The molecule has 1 aliphatic rings. The topological polar surface area (TPSA) is 42.0 Å². The smallest absolute Gasteiger partial charge is 0.257 e. The summed E-state index contributed by atoms with van der Waals surface area (Å²) in [6, 6.07) is 16.0.